The molecule has 172 valence electrons. The lowest BCUT2D eigenvalue weighted by Crippen LogP contribution is -2.37. The summed E-state index contributed by atoms with van der Waals surface area (Å²) in [6.07, 6.45) is 2.84. The Morgan fingerprint density at radius 2 is 2.09 bits per heavy atom. The summed E-state index contributed by atoms with van der Waals surface area (Å²) in [5, 5.41) is 1.35. The first-order chi connectivity index (χ1) is 15.1. The Morgan fingerprint density at radius 3 is 2.81 bits per heavy atom. The van der Waals surface area contributed by atoms with Crippen molar-refractivity contribution in [2.75, 3.05) is 19.5 Å². The van der Waals surface area contributed by atoms with Crippen molar-refractivity contribution in [3.8, 4) is 0 Å². The van der Waals surface area contributed by atoms with Gasteiger partial charge in [0, 0.05) is 41.8 Å². The normalized spacial score (nSPS) is 24.1. The van der Waals surface area contributed by atoms with Crippen LogP contribution in [0.25, 0.3) is 21.9 Å². The first-order valence-electron chi connectivity index (χ1n) is 10.4. The summed E-state index contributed by atoms with van der Waals surface area (Å²) >= 11 is 6.26. The fraction of sp³-hybridized carbons (Fsp3) is 0.524. The maximum atomic E-state index is 13.7. The standard InChI is InChI=1S/C21H22ClF2N3O4S/c1-32(28,29)31-11-15-7-14(4-5-30-15)27-19-16-6-13(22)2-3-17(16)25-10-18(19)26-20(27)12-8-21(23,24)9-12/h2-3,6,10,12,14-15H,4-5,7-9,11H2,1H3/t14-,15+/m0/s1. The number of nitrogens with zero attached hydrogens (tertiary/aromatic N) is 3. The number of alkyl halides is 2. The Labute approximate surface area is 188 Å². The zero-order valence-corrected chi connectivity index (χ0v) is 18.9. The second kappa shape index (κ2) is 7.86. The molecule has 3 aromatic rings. The van der Waals surface area contributed by atoms with Crippen molar-refractivity contribution in [3.63, 3.8) is 0 Å². The third-order valence-electron chi connectivity index (χ3n) is 6.13. The predicted molar refractivity (Wildman–Crippen MR) is 116 cm³/mol. The average molecular weight is 486 g/mol. The molecule has 1 aromatic carbocycles. The van der Waals surface area contributed by atoms with Crippen molar-refractivity contribution < 1.29 is 26.1 Å². The molecule has 0 unspecified atom stereocenters. The van der Waals surface area contributed by atoms with Gasteiger partial charge in [-0.05, 0) is 31.0 Å². The van der Waals surface area contributed by atoms with E-state index >= 15 is 0 Å². The smallest absolute Gasteiger partial charge is 0.264 e. The van der Waals surface area contributed by atoms with E-state index in [1.807, 2.05) is 16.7 Å². The molecule has 2 aliphatic rings. The van der Waals surface area contributed by atoms with Crippen molar-refractivity contribution in [1.82, 2.24) is 14.5 Å². The molecule has 2 fully saturated rings. The van der Waals surface area contributed by atoms with Crippen LogP contribution < -0.4 is 0 Å². The van der Waals surface area contributed by atoms with E-state index in [1.54, 1.807) is 12.3 Å². The molecule has 32 heavy (non-hydrogen) atoms. The third kappa shape index (κ3) is 4.21. The lowest BCUT2D eigenvalue weighted by molar-refractivity contribution is -0.0900. The van der Waals surface area contributed by atoms with Crippen LogP contribution in [0.2, 0.25) is 5.02 Å². The summed E-state index contributed by atoms with van der Waals surface area (Å²) in [7, 11) is -3.60. The van der Waals surface area contributed by atoms with E-state index in [-0.39, 0.29) is 31.4 Å². The van der Waals surface area contributed by atoms with Gasteiger partial charge in [0.05, 0.1) is 36.2 Å². The number of pyridine rings is 1. The second-order valence-corrected chi connectivity index (χ2v) is 10.7. The molecule has 3 heterocycles. The van der Waals surface area contributed by atoms with Gasteiger partial charge in [0.2, 0.25) is 5.92 Å². The molecule has 0 radical (unpaired) electrons. The summed E-state index contributed by atoms with van der Waals surface area (Å²) in [5.41, 5.74) is 2.16. The quantitative estimate of drug-likeness (QED) is 0.496. The number of ether oxygens (including phenoxy) is 1. The first kappa shape index (κ1) is 21.9. The van der Waals surface area contributed by atoms with E-state index in [9.17, 15) is 17.2 Å². The number of hydrogen-bond acceptors (Lipinski definition) is 6. The van der Waals surface area contributed by atoms with Crippen LogP contribution in [0.1, 0.15) is 43.5 Å². The fourth-order valence-electron chi connectivity index (χ4n) is 4.68. The van der Waals surface area contributed by atoms with E-state index in [2.05, 4.69) is 4.98 Å². The van der Waals surface area contributed by atoms with Crippen LogP contribution in [-0.2, 0) is 19.0 Å². The Kier molecular flexibility index (Phi) is 5.39. The number of fused-ring (bicyclic) bond motifs is 3. The van der Waals surface area contributed by atoms with Crippen LogP contribution in [0.5, 0.6) is 0 Å². The Balaban J connectivity index is 1.60. The van der Waals surface area contributed by atoms with Gasteiger partial charge >= 0.3 is 0 Å². The Hall–Kier alpha value is -1.88. The highest BCUT2D eigenvalue weighted by Gasteiger charge is 2.48. The molecule has 0 bridgehead atoms. The van der Waals surface area contributed by atoms with Gasteiger partial charge in [0.1, 0.15) is 11.3 Å². The van der Waals surface area contributed by atoms with Gasteiger partial charge in [-0.15, -0.1) is 0 Å². The summed E-state index contributed by atoms with van der Waals surface area (Å²) < 4.78 is 62.9. The van der Waals surface area contributed by atoms with Gasteiger partial charge in [-0.25, -0.2) is 13.8 Å². The molecule has 0 spiro atoms. The lowest BCUT2D eigenvalue weighted by atomic mass is 9.80. The maximum Gasteiger partial charge on any atom is 0.264 e. The lowest BCUT2D eigenvalue weighted by Gasteiger charge is -2.37. The zero-order chi connectivity index (χ0) is 22.7. The number of halogens is 3. The summed E-state index contributed by atoms with van der Waals surface area (Å²) in [5.74, 6) is -2.44. The van der Waals surface area contributed by atoms with E-state index in [1.165, 1.54) is 0 Å². The van der Waals surface area contributed by atoms with Crippen molar-refractivity contribution in [2.45, 2.75) is 49.7 Å². The van der Waals surface area contributed by atoms with Gasteiger partial charge in [-0.3, -0.25) is 9.17 Å². The van der Waals surface area contributed by atoms with E-state index in [0.29, 0.717) is 35.8 Å². The minimum absolute atomic E-state index is 0.0903. The minimum atomic E-state index is -3.60. The number of benzene rings is 1. The van der Waals surface area contributed by atoms with E-state index in [4.69, 9.17) is 25.5 Å². The number of imidazole rings is 1. The molecule has 1 aliphatic heterocycles. The van der Waals surface area contributed by atoms with Crippen molar-refractivity contribution in [2.24, 2.45) is 0 Å². The zero-order valence-electron chi connectivity index (χ0n) is 17.3. The Bertz CT molecular complexity index is 1290. The summed E-state index contributed by atoms with van der Waals surface area (Å²) in [4.78, 5) is 9.18. The molecule has 11 heteroatoms. The Morgan fingerprint density at radius 1 is 1.31 bits per heavy atom. The topological polar surface area (TPSA) is 83.3 Å². The monoisotopic (exact) mass is 485 g/mol. The molecule has 5 rings (SSSR count). The molecule has 2 aromatic heterocycles. The van der Waals surface area contributed by atoms with E-state index in [0.717, 1.165) is 22.7 Å². The highest BCUT2D eigenvalue weighted by molar-refractivity contribution is 7.85. The number of rotatable bonds is 5. The third-order valence-corrected chi connectivity index (χ3v) is 6.93. The van der Waals surface area contributed by atoms with E-state index < -0.39 is 22.1 Å². The number of aromatic nitrogens is 3. The molecule has 1 saturated carbocycles. The average Bonchev–Trinajstić information content (AvgIpc) is 3.10. The molecule has 1 saturated heterocycles. The van der Waals surface area contributed by atoms with Gasteiger partial charge < -0.3 is 9.30 Å². The molecule has 1 aliphatic carbocycles. The largest absolute Gasteiger partial charge is 0.376 e. The van der Waals surface area contributed by atoms with Crippen molar-refractivity contribution >= 4 is 43.7 Å². The van der Waals surface area contributed by atoms with Crippen LogP contribution in [0, 0.1) is 0 Å². The van der Waals surface area contributed by atoms with Crippen LogP contribution in [0.3, 0.4) is 0 Å². The van der Waals surface area contributed by atoms with Gasteiger partial charge in [-0.1, -0.05) is 11.6 Å². The minimum Gasteiger partial charge on any atom is -0.376 e. The van der Waals surface area contributed by atoms with Crippen LogP contribution >= 0.6 is 11.6 Å². The van der Waals surface area contributed by atoms with Gasteiger partial charge in [0.25, 0.3) is 10.1 Å². The highest BCUT2D eigenvalue weighted by Crippen LogP contribution is 2.50. The molecule has 7 nitrogen and oxygen atoms in total. The van der Waals surface area contributed by atoms with Crippen molar-refractivity contribution in [3.05, 3.63) is 35.2 Å². The fourth-order valence-corrected chi connectivity index (χ4v) is 5.25. The molecule has 0 N–H and O–H groups in total. The van der Waals surface area contributed by atoms with Crippen LogP contribution in [-0.4, -0.2) is 54.4 Å². The molecule has 0 amide bonds. The van der Waals surface area contributed by atoms with Crippen LogP contribution in [0.15, 0.2) is 24.4 Å². The first-order valence-corrected chi connectivity index (χ1v) is 12.6. The number of hydrogen-bond donors (Lipinski definition) is 0. The van der Waals surface area contributed by atoms with Crippen LogP contribution in [0.4, 0.5) is 8.78 Å². The van der Waals surface area contributed by atoms with Gasteiger partial charge in [0.15, 0.2) is 0 Å². The SMILES string of the molecule is CS(=O)(=O)OC[C@H]1C[C@@H](n2c(C3CC(F)(F)C3)nc3cnc4ccc(Cl)cc4c32)CCO1. The molecule has 2 atom stereocenters. The second-order valence-electron chi connectivity index (χ2n) is 8.61. The summed E-state index contributed by atoms with van der Waals surface area (Å²) in [6.45, 7) is 0.305. The van der Waals surface area contributed by atoms with Crippen molar-refractivity contribution in [1.29, 1.82) is 0 Å². The molecular weight excluding hydrogens is 464 g/mol. The molecular formula is C21H22ClF2N3O4S. The predicted octanol–water partition coefficient (Wildman–Crippen LogP) is 4.45. The highest BCUT2D eigenvalue weighted by atomic mass is 35.5. The van der Waals surface area contributed by atoms with Gasteiger partial charge in [-0.2, -0.15) is 8.42 Å². The maximum absolute atomic E-state index is 13.7. The summed E-state index contributed by atoms with van der Waals surface area (Å²) in [6, 6.07) is 5.27.